The van der Waals surface area contributed by atoms with Crippen LogP contribution >= 0.6 is 11.3 Å². The van der Waals surface area contributed by atoms with E-state index in [9.17, 15) is 14.0 Å². The van der Waals surface area contributed by atoms with E-state index in [0.717, 1.165) is 28.8 Å². The Bertz CT molecular complexity index is 1090. The predicted molar refractivity (Wildman–Crippen MR) is 131 cm³/mol. The van der Waals surface area contributed by atoms with Crippen LogP contribution in [0, 0.1) is 12.7 Å². The molecule has 0 spiro atoms. The number of halogens is 1. The van der Waals surface area contributed by atoms with E-state index in [4.69, 9.17) is 4.74 Å². The number of carbonyl (C=O) groups is 2. The molecular weight excluding hydrogens is 451 g/mol. The summed E-state index contributed by atoms with van der Waals surface area (Å²) in [6.07, 6.45) is 1.69. The standard InChI is InChI=1S/C27H29FN2O3S/c1-20-13-15-34-25(20)18-29(16-21-6-3-2-4-7-21)26(31)19-30(17-24-8-5-14-33-24)27(32)22-9-11-23(28)12-10-22/h2-4,6-7,9-13,15,24H,5,8,14,16-19H2,1H3. The van der Waals surface area contributed by atoms with E-state index in [1.807, 2.05) is 48.7 Å². The molecule has 2 aromatic carbocycles. The maximum atomic E-state index is 13.6. The van der Waals surface area contributed by atoms with Gasteiger partial charge in [-0.2, -0.15) is 0 Å². The van der Waals surface area contributed by atoms with Gasteiger partial charge in [-0.15, -0.1) is 11.3 Å². The molecule has 1 aromatic heterocycles. The first-order valence-electron chi connectivity index (χ1n) is 11.5. The van der Waals surface area contributed by atoms with Gasteiger partial charge < -0.3 is 14.5 Å². The number of benzene rings is 2. The summed E-state index contributed by atoms with van der Waals surface area (Å²) in [4.78, 5) is 31.4. The fourth-order valence-electron chi connectivity index (χ4n) is 4.07. The van der Waals surface area contributed by atoms with E-state index in [-0.39, 0.29) is 24.5 Å². The summed E-state index contributed by atoms with van der Waals surface area (Å²) < 4.78 is 19.2. The molecule has 1 unspecified atom stereocenters. The zero-order valence-corrected chi connectivity index (χ0v) is 20.1. The zero-order chi connectivity index (χ0) is 23.9. The number of amides is 2. The molecule has 1 fully saturated rings. The number of hydrogen-bond donors (Lipinski definition) is 0. The summed E-state index contributed by atoms with van der Waals surface area (Å²) in [6, 6.07) is 17.3. The second-order valence-corrected chi connectivity index (χ2v) is 9.59. The minimum Gasteiger partial charge on any atom is -0.376 e. The summed E-state index contributed by atoms with van der Waals surface area (Å²) in [6.45, 7) is 3.91. The Kier molecular flexibility index (Phi) is 8.08. The number of carbonyl (C=O) groups excluding carboxylic acids is 2. The molecule has 1 saturated heterocycles. The highest BCUT2D eigenvalue weighted by Gasteiger charge is 2.27. The van der Waals surface area contributed by atoms with Crippen molar-refractivity contribution < 1.29 is 18.7 Å². The van der Waals surface area contributed by atoms with E-state index >= 15 is 0 Å². The first-order valence-corrected chi connectivity index (χ1v) is 12.4. The van der Waals surface area contributed by atoms with Crippen LogP contribution in [-0.2, 0) is 22.6 Å². The molecule has 1 aliphatic rings. The average Bonchev–Trinajstić information content (AvgIpc) is 3.50. The lowest BCUT2D eigenvalue weighted by Gasteiger charge is -2.29. The second kappa shape index (κ2) is 11.4. The molecule has 0 saturated carbocycles. The van der Waals surface area contributed by atoms with Gasteiger partial charge in [-0.3, -0.25) is 9.59 Å². The van der Waals surface area contributed by atoms with Crippen LogP contribution in [0.5, 0.6) is 0 Å². The van der Waals surface area contributed by atoms with Crippen LogP contribution < -0.4 is 0 Å². The van der Waals surface area contributed by atoms with E-state index in [2.05, 4.69) is 0 Å². The van der Waals surface area contributed by atoms with Crippen molar-refractivity contribution in [2.75, 3.05) is 19.7 Å². The Morgan fingerprint density at radius 3 is 2.44 bits per heavy atom. The average molecular weight is 481 g/mol. The molecule has 0 aliphatic carbocycles. The number of ether oxygens (including phenoxy) is 1. The topological polar surface area (TPSA) is 49.9 Å². The number of aryl methyl sites for hydroxylation is 1. The largest absolute Gasteiger partial charge is 0.376 e. The van der Waals surface area contributed by atoms with Crippen molar-refractivity contribution in [1.82, 2.24) is 9.80 Å². The third-order valence-electron chi connectivity index (χ3n) is 6.02. The lowest BCUT2D eigenvalue weighted by molar-refractivity contribution is -0.133. The van der Waals surface area contributed by atoms with Crippen molar-refractivity contribution in [3.05, 3.63) is 93.4 Å². The maximum absolute atomic E-state index is 13.6. The van der Waals surface area contributed by atoms with Crippen LogP contribution in [0.25, 0.3) is 0 Å². The highest BCUT2D eigenvalue weighted by molar-refractivity contribution is 7.10. The minimum atomic E-state index is -0.404. The summed E-state index contributed by atoms with van der Waals surface area (Å²) >= 11 is 1.63. The summed E-state index contributed by atoms with van der Waals surface area (Å²) in [5.74, 6) is -0.834. The second-order valence-electron chi connectivity index (χ2n) is 8.59. The lowest BCUT2D eigenvalue weighted by atomic mass is 10.1. The van der Waals surface area contributed by atoms with Crippen LogP contribution in [-0.4, -0.2) is 47.4 Å². The molecule has 5 nitrogen and oxygen atoms in total. The van der Waals surface area contributed by atoms with Gasteiger partial charge in [0.2, 0.25) is 5.91 Å². The van der Waals surface area contributed by atoms with Crippen molar-refractivity contribution in [1.29, 1.82) is 0 Å². The molecule has 7 heteroatoms. The fraction of sp³-hybridized carbons (Fsp3) is 0.333. The number of hydrogen-bond acceptors (Lipinski definition) is 4. The van der Waals surface area contributed by atoms with Gasteiger partial charge in [-0.25, -0.2) is 4.39 Å². The molecule has 0 N–H and O–H groups in total. The van der Waals surface area contributed by atoms with Crippen LogP contribution in [0.2, 0.25) is 0 Å². The monoisotopic (exact) mass is 480 g/mol. The highest BCUT2D eigenvalue weighted by Crippen LogP contribution is 2.21. The number of rotatable bonds is 9. The maximum Gasteiger partial charge on any atom is 0.254 e. The van der Waals surface area contributed by atoms with E-state index in [0.29, 0.717) is 31.8 Å². The van der Waals surface area contributed by atoms with Gasteiger partial charge in [0.15, 0.2) is 0 Å². The van der Waals surface area contributed by atoms with Crippen molar-refractivity contribution in [3.63, 3.8) is 0 Å². The Morgan fingerprint density at radius 1 is 1.03 bits per heavy atom. The van der Waals surface area contributed by atoms with Gasteiger partial charge in [0.1, 0.15) is 12.4 Å². The molecule has 4 rings (SSSR count). The van der Waals surface area contributed by atoms with E-state index in [1.54, 1.807) is 21.1 Å². The summed E-state index contributed by atoms with van der Waals surface area (Å²) in [7, 11) is 0. The van der Waals surface area contributed by atoms with E-state index in [1.165, 1.54) is 24.3 Å². The highest BCUT2D eigenvalue weighted by atomic mass is 32.1. The Morgan fingerprint density at radius 2 is 1.79 bits per heavy atom. The van der Waals surface area contributed by atoms with Crippen molar-refractivity contribution in [2.45, 2.75) is 39.0 Å². The first-order chi connectivity index (χ1) is 16.5. The Hall–Kier alpha value is -3.03. The summed E-state index contributed by atoms with van der Waals surface area (Å²) in [5.41, 5.74) is 2.53. The molecule has 34 heavy (non-hydrogen) atoms. The number of nitrogens with zero attached hydrogens (tertiary/aromatic N) is 2. The summed E-state index contributed by atoms with van der Waals surface area (Å²) in [5, 5.41) is 2.03. The van der Waals surface area contributed by atoms with Crippen LogP contribution in [0.4, 0.5) is 4.39 Å². The molecule has 178 valence electrons. The Balaban J connectivity index is 1.55. The lowest BCUT2D eigenvalue weighted by Crippen LogP contribution is -2.45. The third-order valence-corrected chi connectivity index (χ3v) is 7.03. The molecule has 0 radical (unpaired) electrons. The fourth-order valence-corrected chi connectivity index (χ4v) is 4.99. The van der Waals surface area contributed by atoms with Gasteiger partial charge in [-0.05, 0) is 66.6 Å². The Labute approximate surface area is 203 Å². The van der Waals surface area contributed by atoms with Gasteiger partial charge in [0, 0.05) is 30.1 Å². The van der Waals surface area contributed by atoms with Crippen LogP contribution in [0.3, 0.4) is 0 Å². The van der Waals surface area contributed by atoms with Gasteiger partial charge in [0.25, 0.3) is 5.91 Å². The molecule has 1 atom stereocenters. The van der Waals surface area contributed by atoms with Gasteiger partial charge >= 0.3 is 0 Å². The van der Waals surface area contributed by atoms with Crippen molar-refractivity contribution in [3.8, 4) is 0 Å². The van der Waals surface area contributed by atoms with Crippen molar-refractivity contribution >= 4 is 23.2 Å². The normalized spacial score (nSPS) is 15.3. The van der Waals surface area contributed by atoms with Gasteiger partial charge in [-0.1, -0.05) is 30.3 Å². The smallest absolute Gasteiger partial charge is 0.254 e. The van der Waals surface area contributed by atoms with Crippen LogP contribution in [0.1, 0.15) is 39.2 Å². The number of thiophene rings is 1. The van der Waals surface area contributed by atoms with Crippen molar-refractivity contribution in [2.24, 2.45) is 0 Å². The molecular formula is C27H29FN2O3S. The molecule has 2 heterocycles. The van der Waals surface area contributed by atoms with Crippen LogP contribution in [0.15, 0.2) is 66.0 Å². The molecule has 1 aliphatic heterocycles. The van der Waals surface area contributed by atoms with Gasteiger partial charge in [0.05, 0.1) is 12.6 Å². The van der Waals surface area contributed by atoms with E-state index < -0.39 is 5.82 Å². The third kappa shape index (κ3) is 6.30. The first kappa shape index (κ1) is 24.1. The predicted octanol–water partition coefficient (Wildman–Crippen LogP) is 5.05. The minimum absolute atomic E-state index is 0.0622. The SMILES string of the molecule is Cc1ccsc1CN(Cc1ccccc1)C(=O)CN(CC1CCCO1)C(=O)c1ccc(F)cc1. The molecule has 2 amide bonds. The molecule has 0 bridgehead atoms. The zero-order valence-electron chi connectivity index (χ0n) is 19.3. The molecule has 3 aromatic rings. The quantitative estimate of drug-likeness (QED) is 0.431.